The highest BCUT2D eigenvalue weighted by Crippen LogP contribution is 2.28. The van der Waals surface area contributed by atoms with Crippen LogP contribution >= 0.6 is 0 Å². The number of allylic oxidation sites excluding steroid dienone is 2. The monoisotopic (exact) mass is 158 g/mol. The van der Waals surface area contributed by atoms with Crippen LogP contribution in [0.2, 0.25) is 0 Å². The van der Waals surface area contributed by atoms with Crippen molar-refractivity contribution in [1.29, 1.82) is 0 Å². The van der Waals surface area contributed by atoms with Gasteiger partial charge in [-0.3, -0.25) is 0 Å². The minimum Gasteiger partial charge on any atom is -0.0885 e. The maximum atomic E-state index is 2.31. The molecule has 12 heavy (non-hydrogen) atoms. The van der Waals surface area contributed by atoms with Crippen LogP contribution in [0, 0.1) is 0 Å². The van der Waals surface area contributed by atoms with E-state index >= 15 is 0 Å². The van der Waals surface area contributed by atoms with Gasteiger partial charge < -0.3 is 0 Å². The Kier molecular flexibility index (Phi) is 2.26. The van der Waals surface area contributed by atoms with Crippen LogP contribution in [-0.4, -0.2) is 0 Å². The van der Waals surface area contributed by atoms with Crippen LogP contribution in [0.15, 0.2) is 42.5 Å². The summed E-state index contributed by atoms with van der Waals surface area (Å²) in [7, 11) is 0. The van der Waals surface area contributed by atoms with Crippen LogP contribution in [0.4, 0.5) is 0 Å². The van der Waals surface area contributed by atoms with Gasteiger partial charge in [0.15, 0.2) is 0 Å². The van der Waals surface area contributed by atoms with Gasteiger partial charge >= 0.3 is 0 Å². The minimum absolute atomic E-state index is 0.774. The Morgan fingerprint density at radius 1 is 1.00 bits per heavy atom. The first-order chi connectivity index (χ1) is 5.97. The molecule has 1 aliphatic carbocycles. The second-order valence-electron chi connectivity index (χ2n) is 3.39. The summed E-state index contributed by atoms with van der Waals surface area (Å²) in [6.45, 7) is 0. The molecule has 1 aromatic rings. The summed E-state index contributed by atoms with van der Waals surface area (Å²) in [5.41, 5.74) is 1.50. The molecule has 0 unspecified atom stereocenters. The van der Waals surface area contributed by atoms with E-state index in [1.165, 1.54) is 24.8 Å². The van der Waals surface area contributed by atoms with E-state index in [1.807, 2.05) is 0 Å². The molecule has 0 radical (unpaired) electrons. The molecular weight excluding hydrogens is 144 g/mol. The summed E-state index contributed by atoms with van der Waals surface area (Å²) in [5, 5.41) is 0. The fourth-order valence-corrected chi connectivity index (χ4v) is 1.82. The standard InChI is InChI=1S/C12H14/c1-3-7-11(8-4-1)12-9-5-2-6-10-12/h1-5,7-8,12H,6,9-10H2/t12-/m0/s1. The van der Waals surface area contributed by atoms with Gasteiger partial charge in [-0.25, -0.2) is 0 Å². The van der Waals surface area contributed by atoms with E-state index in [-0.39, 0.29) is 0 Å². The maximum Gasteiger partial charge on any atom is -0.0124 e. The lowest BCUT2D eigenvalue weighted by Crippen LogP contribution is -1.99. The topological polar surface area (TPSA) is 0 Å². The molecule has 1 aliphatic rings. The van der Waals surface area contributed by atoms with E-state index in [4.69, 9.17) is 0 Å². The SMILES string of the molecule is C1=CC[C@H](c2ccccc2)CC1. The van der Waals surface area contributed by atoms with Crippen LogP contribution in [0.5, 0.6) is 0 Å². The van der Waals surface area contributed by atoms with E-state index in [0.717, 1.165) is 5.92 Å². The molecule has 0 spiro atoms. The maximum absolute atomic E-state index is 2.31. The third kappa shape index (κ3) is 1.58. The molecule has 0 aliphatic heterocycles. The first-order valence-electron chi connectivity index (χ1n) is 4.67. The molecule has 0 N–H and O–H groups in total. The average Bonchev–Trinajstić information content (AvgIpc) is 2.21. The third-order valence-electron chi connectivity index (χ3n) is 2.54. The Balaban J connectivity index is 2.15. The molecular formula is C12H14. The molecule has 0 saturated heterocycles. The van der Waals surface area contributed by atoms with Gasteiger partial charge in [-0.1, -0.05) is 42.5 Å². The van der Waals surface area contributed by atoms with E-state index in [2.05, 4.69) is 42.5 Å². The molecule has 0 fully saturated rings. The number of hydrogen-bond donors (Lipinski definition) is 0. The van der Waals surface area contributed by atoms with Gasteiger partial charge in [0.05, 0.1) is 0 Å². The minimum atomic E-state index is 0.774. The third-order valence-corrected chi connectivity index (χ3v) is 2.54. The molecule has 1 aromatic carbocycles. The van der Waals surface area contributed by atoms with Gasteiger partial charge in [0.2, 0.25) is 0 Å². The van der Waals surface area contributed by atoms with Gasteiger partial charge in [-0.2, -0.15) is 0 Å². The molecule has 0 heteroatoms. The lowest BCUT2D eigenvalue weighted by Gasteiger charge is -2.17. The zero-order chi connectivity index (χ0) is 8.23. The molecule has 1 atom stereocenters. The van der Waals surface area contributed by atoms with Crippen molar-refractivity contribution in [1.82, 2.24) is 0 Å². The molecule has 0 aromatic heterocycles. The first-order valence-corrected chi connectivity index (χ1v) is 4.67. The fraction of sp³-hybridized carbons (Fsp3) is 0.333. The van der Waals surface area contributed by atoms with E-state index in [1.54, 1.807) is 0 Å². The second kappa shape index (κ2) is 3.57. The summed E-state index contributed by atoms with van der Waals surface area (Å²) < 4.78 is 0. The fourth-order valence-electron chi connectivity index (χ4n) is 1.82. The highest BCUT2D eigenvalue weighted by molar-refractivity contribution is 5.21. The molecule has 0 saturated carbocycles. The Bertz CT molecular complexity index is 259. The number of benzene rings is 1. The highest BCUT2D eigenvalue weighted by atomic mass is 14.2. The Morgan fingerprint density at radius 2 is 1.83 bits per heavy atom. The van der Waals surface area contributed by atoms with Crippen molar-refractivity contribution >= 4 is 0 Å². The van der Waals surface area contributed by atoms with E-state index in [9.17, 15) is 0 Å². The molecule has 2 rings (SSSR count). The zero-order valence-corrected chi connectivity index (χ0v) is 7.24. The Morgan fingerprint density at radius 3 is 2.50 bits per heavy atom. The van der Waals surface area contributed by atoms with Crippen molar-refractivity contribution in [2.45, 2.75) is 25.2 Å². The van der Waals surface area contributed by atoms with Crippen molar-refractivity contribution in [3.8, 4) is 0 Å². The molecule has 0 nitrogen and oxygen atoms in total. The average molecular weight is 158 g/mol. The van der Waals surface area contributed by atoms with Crippen molar-refractivity contribution in [3.63, 3.8) is 0 Å². The van der Waals surface area contributed by atoms with Crippen LogP contribution in [0.25, 0.3) is 0 Å². The number of hydrogen-bond acceptors (Lipinski definition) is 0. The first kappa shape index (κ1) is 7.60. The van der Waals surface area contributed by atoms with Crippen molar-refractivity contribution in [2.75, 3.05) is 0 Å². The van der Waals surface area contributed by atoms with E-state index in [0.29, 0.717) is 0 Å². The largest absolute Gasteiger partial charge is 0.0885 e. The summed E-state index contributed by atoms with van der Waals surface area (Å²) in [5.74, 6) is 0.774. The molecule has 62 valence electrons. The van der Waals surface area contributed by atoms with Crippen molar-refractivity contribution in [3.05, 3.63) is 48.0 Å². The second-order valence-corrected chi connectivity index (χ2v) is 3.39. The quantitative estimate of drug-likeness (QED) is 0.549. The predicted octanol–water partition coefficient (Wildman–Crippen LogP) is 3.51. The number of rotatable bonds is 1. The van der Waals surface area contributed by atoms with Gasteiger partial charge in [-0.15, -0.1) is 0 Å². The Hall–Kier alpha value is -1.04. The molecule has 0 bridgehead atoms. The van der Waals surface area contributed by atoms with Gasteiger partial charge in [0.1, 0.15) is 0 Å². The summed E-state index contributed by atoms with van der Waals surface area (Å²) in [6.07, 6.45) is 8.39. The van der Waals surface area contributed by atoms with Crippen LogP contribution < -0.4 is 0 Å². The summed E-state index contributed by atoms with van der Waals surface area (Å²) >= 11 is 0. The van der Waals surface area contributed by atoms with Crippen molar-refractivity contribution in [2.24, 2.45) is 0 Å². The van der Waals surface area contributed by atoms with E-state index < -0.39 is 0 Å². The lowest BCUT2D eigenvalue weighted by molar-refractivity contribution is 0.617. The van der Waals surface area contributed by atoms with Gasteiger partial charge in [0.25, 0.3) is 0 Å². The summed E-state index contributed by atoms with van der Waals surface area (Å²) in [6, 6.07) is 10.8. The Labute approximate surface area is 73.9 Å². The lowest BCUT2D eigenvalue weighted by atomic mass is 9.88. The molecule has 0 heterocycles. The zero-order valence-electron chi connectivity index (χ0n) is 7.24. The molecule has 0 amide bonds. The highest BCUT2D eigenvalue weighted by Gasteiger charge is 2.10. The van der Waals surface area contributed by atoms with Crippen LogP contribution in [0.1, 0.15) is 30.7 Å². The normalized spacial score (nSPS) is 22.5. The van der Waals surface area contributed by atoms with Crippen molar-refractivity contribution < 1.29 is 0 Å². The smallest absolute Gasteiger partial charge is 0.0124 e. The van der Waals surface area contributed by atoms with Gasteiger partial charge in [-0.05, 0) is 30.7 Å². The summed E-state index contributed by atoms with van der Waals surface area (Å²) in [4.78, 5) is 0. The van der Waals surface area contributed by atoms with Crippen LogP contribution in [0.3, 0.4) is 0 Å². The van der Waals surface area contributed by atoms with Gasteiger partial charge in [0, 0.05) is 0 Å². The predicted molar refractivity (Wildman–Crippen MR) is 52.2 cm³/mol. The van der Waals surface area contributed by atoms with Crippen LogP contribution in [-0.2, 0) is 0 Å².